The molecule has 1 aromatic heterocycles. The third-order valence-corrected chi connectivity index (χ3v) is 5.20. The second-order valence-corrected chi connectivity index (χ2v) is 6.92. The highest BCUT2D eigenvalue weighted by molar-refractivity contribution is 5.94. The van der Waals surface area contributed by atoms with E-state index < -0.39 is 0 Å². The molecule has 0 atom stereocenters. The number of carbonyl (C=O) groups is 1. The second kappa shape index (κ2) is 7.62. The Hall–Kier alpha value is -3.14. The highest BCUT2D eigenvalue weighted by Crippen LogP contribution is 2.20. The van der Waals surface area contributed by atoms with E-state index in [9.17, 15) is 4.79 Å². The summed E-state index contributed by atoms with van der Waals surface area (Å²) < 4.78 is 0. The lowest BCUT2D eigenvalue weighted by molar-refractivity contribution is 0.0746. The van der Waals surface area contributed by atoms with Gasteiger partial charge in [0.2, 0.25) is 0 Å². The number of benzene rings is 1. The van der Waals surface area contributed by atoms with Crippen molar-refractivity contribution in [2.45, 2.75) is 12.8 Å². The number of carbonyl (C=O) groups excluding carboxylic acids is 1. The molecule has 2 aliphatic rings. The van der Waals surface area contributed by atoms with Crippen molar-refractivity contribution >= 4 is 17.5 Å². The third-order valence-electron chi connectivity index (χ3n) is 5.20. The van der Waals surface area contributed by atoms with Gasteiger partial charge in [-0.3, -0.25) is 4.79 Å². The number of hydrogen-bond donors (Lipinski definition) is 0. The zero-order chi connectivity index (χ0) is 18.6. The first kappa shape index (κ1) is 17.3. The number of piperazine rings is 1. The maximum Gasteiger partial charge on any atom is 0.254 e. The minimum atomic E-state index is -0.0257. The van der Waals surface area contributed by atoms with Crippen LogP contribution in [0.3, 0.4) is 0 Å². The summed E-state index contributed by atoms with van der Waals surface area (Å²) in [6.45, 7) is 4.82. The average molecular weight is 362 g/mol. The summed E-state index contributed by atoms with van der Waals surface area (Å²) >= 11 is 0. The molecular weight excluding hydrogens is 340 g/mol. The molecule has 1 amide bonds. The van der Waals surface area contributed by atoms with Crippen LogP contribution in [0.15, 0.2) is 36.4 Å². The molecule has 3 heterocycles. The van der Waals surface area contributed by atoms with E-state index in [1.807, 2.05) is 17.0 Å². The fraction of sp³-hybridized carbons (Fsp3) is 0.400. The van der Waals surface area contributed by atoms with Gasteiger partial charge in [0.15, 0.2) is 11.6 Å². The van der Waals surface area contributed by atoms with E-state index >= 15 is 0 Å². The fourth-order valence-electron chi connectivity index (χ4n) is 3.64. The van der Waals surface area contributed by atoms with Crippen molar-refractivity contribution in [3.8, 4) is 6.07 Å². The first-order chi connectivity index (χ1) is 13.2. The molecule has 7 nitrogen and oxygen atoms in total. The highest BCUT2D eigenvalue weighted by Gasteiger charge is 2.23. The lowest BCUT2D eigenvalue weighted by Crippen LogP contribution is -2.49. The lowest BCUT2D eigenvalue weighted by Gasteiger charge is -2.35. The number of nitrogens with zero attached hydrogens (tertiary/aromatic N) is 6. The molecule has 4 rings (SSSR count). The van der Waals surface area contributed by atoms with Crippen LogP contribution in [-0.4, -0.2) is 60.3 Å². The predicted molar refractivity (Wildman–Crippen MR) is 103 cm³/mol. The number of nitriles is 1. The Morgan fingerprint density at radius 1 is 0.889 bits per heavy atom. The molecular formula is C20H22N6O. The number of anilines is 2. The molecule has 0 bridgehead atoms. The smallest absolute Gasteiger partial charge is 0.254 e. The monoisotopic (exact) mass is 362 g/mol. The molecule has 0 N–H and O–H groups in total. The zero-order valence-electron chi connectivity index (χ0n) is 15.2. The van der Waals surface area contributed by atoms with Gasteiger partial charge < -0.3 is 14.7 Å². The van der Waals surface area contributed by atoms with E-state index in [2.05, 4.69) is 26.1 Å². The van der Waals surface area contributed by atoms with Crippen LogP contribution < -0.4 is 9.80 Å². The SMILES string of the molecule is N#Cc1cccc(C(=O)N2CCN(c3ccc(N4CCCC4)nn3)CC2)c1. The summed E-state index contributed by atoms with van der Waals surface area (Å²) in [4.78, 5) is 18.9. The van der Waals surface area contributed by atoms with Gasteiger partial charge in [0.1, 0.15) is 0 Å². The summed E-state index contributed by atoms with van der Waals surface area (Å²) in [5.74, 6) is 1.78. The third kappa shape index (κ3) is 3.70. The minimum Gasteiger partial charge on any atom is -0.355 e. The van der Waals surface area contributed by atoms with Gasteiger partial charge in [0, 0.05) is 44.8 Å². The maximum atomic E-state index is 12.7. The molecule has 0 saturated carbocycles. The number of hydrogen-bond acceptors (Lipinski definition) is 6. The molecule has 2 saturated heterocycles. The van der Waals surface area contributed by atoms with Gasteiger partial charge in [-0.05, 0) is 43.2 Å². The van der Waals surface area contributed by atoms with E-state index in [0.29, 0.717) is 24.2 Å². The van der Waals surface area contributed by atoms with Crippen LogP contribution in [0.1, 0.15) is 28.8 Å². The van der Waals surface area contributed by atoms with E-state index in [1.165, 1.54) is 12.8 Å². The summed E-state index contributed by atoms with van der Waals surface area (Å²) in [5.41, 5.74) is 1.07. The van der Waals surface area contributed by atoms with Gasteiger partial charge in [-0.2, -0.15) is 5.26 Å². The van der Waals surface area contributed by atoms with Gasteiger partial charge in [-0.1, -0.05) is 6.07 Å². The Morgan fingerprint density at radius 3 is 2.11 bits per heavy atom. The molecule has 0 unspecified atom stereocenters. The Balaban J connectivity index is 1.37. The molecule has 1 aromatic carbocycles. The first-order valence-electron chi connectivity index (χ1n) is 9.38. The molecule has 0 aliphatic carbocycles. The van der Waals surface area contributed by atoms with Crippen LogP contribution in [0.25, 0.3) is 0 Å². The van der Waals surface area contributed by atoms with Crippen LogP contribution in [0, 0.1) is 11.3 Å². The van der Waals surface area contributed by atoms with Gasteiger partial charge in [-0.25, -0.2) is 0 Å². The lowest BCUT2D eigenvalue weighted by atomic mass is 10.1. The summed E-state index contributed by atoms with van der Waals surface area (Å²) in [6.07, 6.45) is 2.44. The Labute approximate surface area is 158 Å². The van der Waals surface area contributed by atoms with E-state index in [0.717, 1.165) is 37.8 Å². The van der Waals surface area contributed by atoms with Crippen LogP contribution >= 0.6 is 0 Å². The molecule has 2 aromatic rings. The van der Waals surface area contributed by atoms with Crippen molar-refractivity contribution in [2.75, 3.05) is 49.1 Å². The van der Waals surface area contributed by atoms with Crippen LogP contribution in [-0.2, 0) is 0 Å². The first-order valence-corrected chi connectivity index (χ1v) is 9.38. The Morgan fingerprint density at radius 2 is 1.52 bits per heavy atom. The largest absolute Gasteiger partial charge is 0.355 e. The van der Waals surface area contributed by atoms with Crippen LogP contribution in [0.4, 0.5) is 11.6 Å². The van der Waals surface area contributed by atoms with E-state index in [4.69, 9.17) is 5.26 Å². The maximum absolute atomic E-state index is 12.7. The summed E-state index contributed by atoms with van der Waals surface area (Å²) in [7, 11) is 0. The van der Waals surface area contributed by atoms with E-state index in [-0.39, 0.29) is 5.91 Å². The zero-order valence-corrected chi connectivity index (χ0v) is 15.2. The topological polar surface area (TPSA) is 76.4 Å². The Bertz CT molecular complexity index is 846. The van der Waals surface area contributed by atoms with Crippen molar-refractivity contribution in [3.63, 3.8) is 0 Å². The second-order valence-electron chi connectivity index (χ2n) is 6.92. The quantitative estimate of drug-likeness (QED) is 0.830. The van der Waals surface area contributed by atoms with Gasteiger partial charge >= 0.3 is 0 Å². The predicted octanol–water partition coefficient (Wildman–Crippen LogP) is 1.91. The van der Waals surface area contributed by atoms with Crippen LogP contribution in [0.2, 0.25) is 0 Å². The van der Waals surface area contributed by atoms with Crippen LogP contribution in [0.5, 0.6) is 0 Å². The molecule has 2 fully saturated rings. The van der Waals surface area contributed by atoms with Crippen molar-refractivity contribution in [1.82, 2.24) is 15.1 Å². The molecule has 138 valence electrons. The van der Waals surface area contributed by atoms with Crippen molar-refractivity contribution in [3.05, 3.63) is 47.5 Å². The molecule has 0 spiro atoms. The summed E-state index contributed by atoms with van der Waals surface area (Å²) in [5, 5.41) is 17.8. The van der Waals surface area contributed by atoms with Gasteiger partial charge in [0.25, 0.3) is 5.91 Å². The Kier molecular flexibility index (Phi) is 4.88. The molecule has 2 aliphatic heterocycles. The average Bonchev–Trinajstić information content (AvgIpc) is 3.28. The minimum absolute atomic E-state index is 0.0257. The van der Waals surface area contributed by atoms with Gasteiger partial charge in [-0.15, -0.1) is 10.2 Å². The molecule has 27 heavy (non-hydrogen) atoms. The molecule has 7 heteroatoms. The number of rotatable bonds is 3. The van der Waals surface area contributed by atoms with Crippen molar-refractivity contribution < 1.29 is 4.79 Å². The fourth-order valence-corrected chi connectivity index (χ4v) is 3.64. The van der Waals surface area contributed by atoms with Gasteiger partial charge in [0.05, 0.1) is 11.6 Å². The summed E-state index contributed by atoms with van der Waals surface area (Å²) in [6, 6.07) is 13.0. The van der Waals surface area contributed by atoms with E-state index in [1.54, 1.807) is 24.3 Å². The molecule has 0 radical (unpaired) electrons. The number of amides is 1. The van der Waals surface area contributed by atoms with Crippen molar-refractivity contribution in [2.24, 2.45) is 0 Å². The van der Waals surface area contributed by atoms with Crippen molar-refractivity contribution in [1.29, 1.82) is 5.26 Å². The standard InChI is InChI=1S/C20H22N6O/c21-15-16-4-3-5-17(14-16)20(27)26-12-10-25(11-13-26)19-7-6-18(22-23-19)24-8-1-2-9-24/h3-7,14H,1-2,8-13H2. The number of aromatic nitrogens is 2. The normalized spacial score (nSPS) is 17.1. The highest BCUT2D eigenvalue weighted by atomic mass is 16.2.